The van der Waals surface area contributed by atoms with E-state index in [9.17, 15) is 35.7 Å². The molecular formula is C27H33NO11. The summed E-state index contributed by atoms with van der Waals surface area (Å²) in [6.07, 6.45) is -11.8. The molecule has 0 spiro atoms. The van der Waals surface area contributed by atoms with Crippen LogP contribution >= 0.6 is 0 Å². The summed E-state index contributed by atoms with van der Waals surface area (Å²) in [5.41, 5.74) is 2.55. The van der Waals surface area contributed by atoms with Gasteiger partial charge in [-0.1, -0.05) is 36.9 Å². The molecule has 6 unspecified atom stereocenters. The maximum absolute atomic E-state index is 10.7. The maximum Gasteiger partial charge on any atom is 0.229 e. The molecule has 12 nitrogen and oxygen atoms in total. The average Bonchev–Trinajstić information content (AvgIpc) is 2.96. The number of aliphatic hydroxyl groups is 7. The van der Waals surface area contributed by atoms with E-state index in [0.29, 0.717) is 11.4 Å². The van der Waals surface area contributed by atoms with Crippen molar-refractivity contribution in [2.75, 3.05) is 13.2 Å². The second-order valence-electron chi connectivity index (χ2n) is 9.25. The summed E-state index contributed by atoms with van der Waals surface area (Å²) in [5.74, 6) is 0.297. The largest absolute Gasteiger partial charge is 0.462 e. The van der Waals surface area contributed by atoms with E-state index in [-0.39, 0.29) is 0 Å². The van der Waals surface area contributed by atoms with Gasteiger partial charge >= 0.3 is 0 Å². The third kappa shape index (κ3) is 6.70. The van der Waals surface area contributed by atoms with Crippen molar-refractivity contribution in [2.45, 2.75) is 61.4 Å². The summed E-state index contributed by atoms with van der Waals surface area (Å²) in [4.78, 5) is 4.41. The number of aliphatic imine (C=N–C) groups is 1. The summed E-state index contributed by atoms with van der Waals surface area (Å²) in [6.45, 7) is 2.39. The van der Waals surface area contributed by atoms with E-state index in [4.69, 9.17) is 18.9 Å². The molecule has 2 aliphatic heterocycles. The van der Waals surface area contributed by atoms with E-state index in [1.807, 2.05) is 24.3 Å². The lowest BCUT2D eigenvalue weighted by molar-refractivity contribution is -0.352. The van der Waals surface area contributed by atoms with Gasteiger partial charge in [0.25, 0.3) is 0 Å². The van der Waals surface area contributed by atoms with Gasteiger partial charge in [0.1, 0.15) is 54.6 Å². The summed E-state index contributed by atoms with van der Waals surface area (Å²) in [6, 6.07) is 14.2. The van der Waals surface area contributed by atoms with Crippen molar-refractivity contribution in [3.05, 3.63) is 66.2 Å². The van der Waals surface area contributed by atoms with Crippen LogP contribution in [0.15, 0.2) is 60.1 Å². The van der Waals surface area contributed by atoms with Crippen molar-refractivity contribution < 1.29 is 54.7 Å². The molecule has 0 saturated carbocycles. The fourth-order valence-electron chi connectivity index (χ4n) is 4.26. The fourth-order valence-corrected chi connectivity index (χ4v) is 4.26. The zero-order chi connectivity index (χ0) is 28.1. The van der Waals surface area contributed by atoms with E-state index >= 15 is 0 Å². The topological polar surface area (TPSA) is 191 Å². The van der Waals surface area contributed by atoms with Gasteiger partial charge in [0.05, 0.1) is 18.9 Å². The fraction of sp³-hybridized carbons (Fsp3) is 0.444. The van der Waals surface area contributed by atoms with Gasteiger partial charge in [-0.3, -0.25) is 4.99 Å². The summed E-state index contributed by atoms with van der Waals surface area (Å²) in [7, 11) is 0. The predicted octanol–water partition coefficient (Wildman–Crippen LogP) is -0.917. The van der Waals surface area contributed by atoms with Crippen LogP contribution in [-0.4, -0.2) is 117 Å². The first kappa shape index (κ1) is 29.2. The first-order valence-corrected chi connectivity index (χ1v) is 12.4. The Morgan fingerprint density at radius 3 is 1.92 bits per heavy atom. The van der Waals surface area contributed by atoms with E-state index in [0.717, 1.165) is 11.1 Å². The lowest BCUT2D eigenvalue weighted by Gasteiger charge is -2.45. The monoisotopic (exact) mass is 547 g/mol. The second kappa shape index (κ2) is 13.1. The molecule has 2 aliphatic rings. The maximum atomic E-state index is 10.7. The van der Waals surface area contributed by atoms with Crippen molar-refractivity contribution in [2.24, 2.45) is 4.99 Å². The number of benzene rings is 2. The molecule has 0 bridgehead atoms. The molecule has 0 radical (unpaired) electrons. The molecule has 12 heteroatoms. The number of ether oxygens (including phenoxy) is 4. The highest BCUT2D eigenvalue weighted by Gasteiger charge is 2.51. The van der Waals surface area contributed by atoms with Crippen LogP contribution in [0.2, 0.25) is 0 Å². The van der Waals surface area contributed by atoms with Gasteiger partial charge < -0.3 is 54.7 Å². The van der Waals surface area contributed by atoms with E-state index < -0.39 is 74.6 Å². The van der Waals surface area contributed by atoms with Crippen molar-refractivity contribution in [3.63, 3.8) is 0 Å². The van der Waals surface area contributed by atoms with E-state index in [1.54, 1.807) is 36.6 Å². The molecule has 2 aromatic carbocycles. The van der Waals surface area contributed by atoms with Crippen molar-refractivity contribution in [3.8, 4) is 5.75 Å². The molecule has 4 rings (SSSR count). The van der Waals surface area contributed by atoms with Crippen LogP contribution in [0.5, 0.6) is 5.75 Å². The molecule has 2 saturated heterocycles. The number of rotatable bonds is 9. The highest BCUT2D eigenvalue weighted by atomic mass is 16.7. The predicted molar refractivity (Wildman–Crippen MR) is 137 cm³/mol. The second-order valence-corrected chi connectivity index (χ2v) is 9.25. The van der Waals surface area contributed by atoms with Crippen LogP contribution < -0.4 is 4.74 Å². The van der Waals surface area contributed by atoms with Crippen LogP contribution in [0.1, 0.15) is 11.1 Å². The molecular weight excluding hydrogens is 514 g/mol. The Hall–Kier alpha value is -2.75. The zero-order valence-electron chi connectivity index (χ0n) is 20.9. The third-order valence-electron chi connectivity index (χ3n) is 6.58. The third-order valence-corrected chi connectivity index (χ3v) is 6.58. The molecule has 0 aliphatic carbocycles. The van der Waals surface area contributed by atoms with Crippen LogP contribution in [0.4, 0.5) is 5.69 Å². The number of nitrogens with zero attached hydrogens (tertiary/aromatic N) is 1. The van der Waals surface area contributed by atoms with Gasteiger partial charge in [-0.15, -0.1) is 0 Å². The first-order valence-electron chi connectivity index (χ1n) is 12.4. The molecule has 2 heterocycles. The Morgan fingerprint density at radius 2 is 1.31 bits per heavy atom. The van der Waals surface area contributed by atoms with Gasteiger partial charge in [0.2, 0.25) is 6.29 Å². The molecule has 0 aromatic heterocycles. The highest BCUT2D eigenvalue weighted by Crippen LogP contribution is 2.30. The van der Waals surface area contributed by atoms with E-state index in [1.165, 1.54) is 0 Å². The minimum absolute atomic E-state index is 0.297. The molecule has 2 fully saturated rings. The zero-order valence-corrected chi connectivity index (χ0v) is 20.9. The Bertz CT molecular complexity index is 1090. The van der Waals surface area contributed by atoms with Crippen LogP contribution in [0.3, 0.4) is 0 Å². The Kier molecular flexibility index (Phi) is 9.80. The highest BCUT2D eigenvalue weighted by molar-refractivity contribution is 5.82. The lowest BCUT2D eigenvalue weighted by atomic mass is 9.97. The summed E-state index contributed by atoms with van der Waals surface area (Å²) >= 11 is 0. The standard InChI is InChI=1S/C27H33NO11/c1-2-14-3-5-15(6-4-14)11-28-16-7-9-17(10-8-16)36-26-24(35)22(33)25(19(13-30)38-26)39-27-23(34)21(32)20(31)18(12-29)37-27/h2-11,18-27,29-35H,1,12-13H2/t18?,19?,20-,21?,22?,23?,24?,25-,26-,27-/m1/s1. The summed E-state index contributed by atoms with van der Waals surface area (Å²) < 4.78 is 22.2. The number of hydrogen-bond acceptors (Lipinski definition) is 12. The average molecular weight is 548 g/mol. The van der Waals surface area contributed by atoms with Gasteiger partial charge in [-0.2, -0.15) is 0 Å². The van der Waals surface area contributed by atoms with Crippen molar-refractivity contribution in [1.82, 2.24) is 0 Å². The first-order chi connectivity index (χ1) is 18.7. The van der Waals surface area contributed by atoms with E-state index in [2.05, 4.69) is 11.6 Å². The van der Waals surface area contributed by atoms with Gasteiger partial charge in [0, 0.05) is 6.21 Å². The minimum Gasteiger partial charge on any atom is -0.462 e. The molecule has 2 aromatic rings. The number of aliphatic hydroxyl groups excluding tert-OH is 7. The smallest absolute Gasteiger partial charge is 0.229 e. The minimum atomic E-state index is -1.74. The van der Waals surface area contributed by atoms with Crippen molar-refractivity contribution >= 4 is 18.0 Å². The quantitative estimate of drug-likeness (QED) is 0.192. The van der Waals surface area contributed by atoms with Gasteiger partial charge in [-0.05, 0) is 35.4 Å². The van der Waals surface area contributed by atoms with Crippen molar-refractivity contribution in [1.29, 1.82) is 0 Å². The summed E-state index contributed by atoms with van der Waals surface area (Å²) in [5, 5.41) is 70.7. The molecule has 0 amide bonds. The van der Waals surface area contributed by atoms with Crippen LogP contribution in [-0.2, 0) is 14.2 Å². The van der Waals surface area contributed by atoms with Crippen LogP contribution in [0.25, 0.3) is 6.08 Å². The molecule has 7 N–H and O–H groups in total. The van der Waals surface area contributed by atoms with Crippen LogP contribution in [0, 0.1) is 0 Å². The Balaban J connectivity index is 1.38. The molecule has 212 valence electrons. The molecule has 39 heavy (non-hydrogen) atoms. The Morgan fingerprint density at radius 1 is 0.718 bits per heavy atom. The SMILES string of the molecule is C=Cc1ccc(C=Nc2ccc(O[C@@H]3OC(CO)[C@@H](O[C@H]4OC(CO)[C@@H](O)C(O)C4O)C(O)C3O)cc2)cc1. The lowest BCUT2D eigenvalue weighted by Crippen LogP contribution is -2.65. The number of hydrogen-bond donors (Lipinski definition) is 7. The molecule has 10 atom stereocenters. The normalized spacial score (nSPS) is 35.2. The van der Waals surface area contributed by atoms with Gasteiger partial charge in [0.15, 0.2) is 6.29 Å². The Labute approximate surface area is 224 Å². The van der Waals surface area contributed by atoms with Gasteiger partial charge in [-0.25, -0.2) is 0 Å².